The lowest BCUT2D eigenvalue weighted by Gasteiger charge is -2.33. The molecule has 0 aliphatic carbocycles. The Labute approximate surface area is 115 Å². The number of nitrogens with zero attached hydrogens (tertiary/aromatic N) is 5. The highest BCUT2D eigenvalue weighted by Crippen LogP contribution is 2.19. The van der Waals surface area contributed by atoms with E-state index >= 15 is 0 Å². The summed E-state index contributed by atoms with van der Waals surface area (Å²) in [5, 5.41) is 5.55. The van der Waals surface area contributed by atoms with Gasteiger partial charge in [-0.15, -0.1) is 0 Å². The lowest BCUT2D eigenvalue weighted by Crippen LogP contribution is -2.45. The molecule has 1 aliphatic rings. The molecular formula is C12H17N5OS. The summed E-state index contributed by atoms with van der Waals surface area (Å²) in [5.41, 5.74) is -0.180. The fraction of sp³-hybridized carbons (Fsp3) is 0.583. The van der Waals surface area contributed by atoms with Crippen LogP contribution in [0.1, 0.15) is 11.9 Å². The van der Waals surface area contributed by atoms with Gasteiger partial charge in [0.2, 0.25) is 4.96 Å². The first kappa shape index (κ1) is 12.6. The van der Waals surface area contributed by atoms with Crippen molar-refractivity contribution in [2.45, 2.75) is 13.3 Å². The summed E-state index contributed by atoms with van der Waals surface area (Å²) in [7, 11) is 2.11. The van der Waals surface area contributed by atoms with Crippen LogP contribution in [0, 0.1) is 0 Å². The van der Waals surface area contributed by atoms with Gasteiger partial charge < -0.3 is 9.80 Å². The minimum atomic E-state index is -0.180. The van der Waals surface area contributed by atoms with Crippen LogP contribution in [0.2, 0.25) is 0 Å². The van der Waals surface area contributed by atoms with Gasteiger partial charge >= 0.3 is 0 Å². The lowest BCUT2D eigenvalue weighted by atomic mass is 10.3. The summed E-state index contributed by atoms with van der Waals surface area (Å²) >= 11 is 1.49. The second kappa shape index (κ2) is 4.90. The fourth-order valence-electron chi connectivity index (χ4n) is 2.24. The molecule has 0 radical (unpaired) electrons. The minimum Gasteiger partial charge on any atom is -0.354 e. The van der Waals surface area contributed by atoms with E-state index in [-0.39, 0.29) is 5.56 Å². The molecule has 0 N–H and O–H groups in total. The van der Waals surface area contributed by atoms with Crippen molar-refractivity contribution < 1.29 is 0 Å². The van der Waals surface area contributed by atoms with Crippen LogP contribution in [0.15, 0.2) is 10.9 Å². The van der Waals surface area contributed by atoms with E-state index in [0.29, 0.717) is 4.96 Å². The maximum Gasteiger partial charge on any atom is 0.276 e. The summed E-state index contributed by atoms with van der Waals surface area (Å²) in [6.45, 7) is 5.90. The molecular weight excluding hydrogens is 262 g/mol. The predicted octanol–water partition coefficient (Wildman–Crippen LogP) is 0.465. The number of piperazine rings is 1. The van der Waals surface area contributed by atoms with Gasteiger partial charge in [-0.1, -0.05) is 18.3 Å². The average molecular weight is 279 g/mol. The minimum absolute atomic E-state index is 0.180. The first-order valence-electron chi connectivity index (χ1n) is 6.50. The van der Waals surface area contributed by atoms with Crippen molar-refractivity contribution in [2.24, 2.45) is 0 Å². The van der Waals surface area contributed by atoms with Gasteiger partial charge in [-0.2, -0.15) is 14.6 Å². The lowest BCUT2D eigenvalue weighted by molar-refractivity contribution is 0.311. The Morgan fingerprint density at radius 1 is 1.32 bits per heavy atom. The van der Waals surface area contributed by atoms with E-state index in [4.69, 9.17) is 0 Å². The topological polar surface area (TPSA) is 53.7 Å². The third-order valence-electron chi connectivity index (χ3n) is 3.41. The quantitative estimate of drug-likeness (QED) is 0.799. The van der Waals surface area contributed by atoms with Gasteiger partial charge in [-0.25, -0.2) is 0 Å². The third kappa shape index (κ3) is 2.35. The molecule has 7 heteroatoms. The highest BCUT2D eigenvalue weighted by atomic mass is 32.1. The molecule has 6 nitrogen and oxygen atoms in total. The van der Waals surface area contributed by atoms with Crippen LogP contribution < -0.4 is 10.5 Å². The molecule has 3 heterocycles. The summed E-state index contributed by atoms with van der Waals surface area (Å²) in [6, 6.07) is 1.59. The Balaban J connectivity index is 2.06. The molecule has 0 aromatic carbocycles. The molecule has 1 aliphatic heterocycles. The van der Waals surface area contributed by atoms with E-state index in [0.717, 1.165) is 43.4 Å². The molecule has 0 unspecified atom stereocenters. The zero-order valence-electron chi connectivity index (χ0n) is 11.2. The second-order valence-electron chi connectivity index (χ2n) is 4.79. The van der Waals surface area contributed by atoms with Gasteiger partial charge in [0.15, 0.2) is 0 Å². The zero-order chi connectivity index (χ0) is 13.4. The van der Waals surface area contributed by atoms with Gasteiger partial charge in [-0.3, -0.25) is 4.79 Å². The largest absolute Gasteiger partial charge is 0.354 e. The smallest absolute Gasteiger partial charge is 0.276 e. The van der Waals surface area contributed by atoms with E-state index in [1.54, 1.807) is 6.07 Å². The number of anilines is 1. The van der Waals surface area contributed by atoms with E-state index in [1.807, 2.05) is 4.52 Å². The Bertz CT molecular complexity index is 641. The highest BCUT2D eigenvalue weighted by molar-refractivity contribution is 7.16. The van der Waals surface area contributed by atoms with E-state index in [2.05, 4.69) is 33.9 Å². The SMILES string of the molecule is CCc1nn2c(N3CCN(C)CC3)cc(=O)nc2s1. The number of rotatable bonds is 2. The Kier molecular flexibility index (Phi) is 3.24. The summed E-state index contributed by atoms with van der Waals surface area (Å²) in [6.07, 6.45) is 0.865. The van der Waals surface area contributed by atoms with E-state index in [1.165, 1.54) is 11.3 Å². The van der Waals surface area contributed by atoms with Gasteiger partial charge in [-0.05, 0) is 13.5 Å². The standard InChI is InChI=1S/C12H17N5OS/c1-3-10-14-17-11(8-9(18)13-12(17)19-10)16-6-4-15(2)5-7-16/h8H,3-7H2,1-2H3. The van der Waals surface area contributed by atoms with Gasteiger partial charge in [0.25, 0.3) is 5.56 Å². The number of aromatic nitrogens is 3. The molecule has 19 heavy (non-hydrogen) atoms. The molecule has 0 amide bonds. The maximum atomic E-state index is 11.7. The molecule has 0 atom stereocenters. The molecule has 3 rings (SSSR count). The van der Waals surface area contributed by atoms with Crippen LogP contribution in [0.4, 0.5) is 5.82 Å². The van der Waals surface area contributed by atoms with E-state index in [9.17, 15) is 4.79 Å². The molecule has 1 fully saturated rings. The Hall–Kier alpha value is -1.47. The first-order valence-corrected chi connectivity index (χ1v) is 7.32. The highest BCUT2D eigenvalue weighted by Gasteiger charge is 2.19. The summed E-state index contributed by atoms with van der Waals surface area (Å²) in [4.78, 5) is 21.0. The van der Waals surface area contributed by atoms with Crippen molar-refractivity contribution in [3.63, 3.8) is 0 Å². The fourth-order valence-corrected chi connectivity index (χ4v) is 3.08. The van der Waals surface area contributed by atoms with Crippen LogP contribution in [0.5, 0.6) is 0 Å². The van der Waals surface area contributed by atoms with Crippen molar-refractivity contribution in [3.05, 3.63) is 21.4 Å². The number of hydrogen-bond donors (Lipinski definition) is 0. The maximum absolute atomic E-state index is 11.7. The van der Waals surface area contributed by atoms with Crippen LogP contribution in [0.25, 0.3) is 4.96 Å². The van der Waals surface area contributed by atoms with Crippen LogP contribution in [0.3, 0.4) is 0 Å². The van der Waals surface area contributed by atoms with Crippen LogP contribution in [-0.2, 0) is 6.42 Å². The molecule has 0 bridgehead atoms. The summed E-state index contributed by atoms with van der Waals surface area (Å²) < 4.78 is 1.82. The van der Waals surface area contributed by atoms with Crippen molar-refractivity contribution in [1.29, 1.82) is 0 Å². The molecule has 1 saturated heterocycles. The van der Waals surface area contributed by atoms with Crippen LogP contribution in [-0.4, -0.2) is 52.7 Å². The molecule has 2 aromatic rings. The number of hydrogen-bond acceptors (Lipinski definition) is 6. The van der Waals surface area contributed by atoms with Crippen molar-refractivity contribution in [3.8, 4) is 0 Å². The molecule has 102 valence electrons. The number of aryl methyl sites for hydroxylation is 1. The van der Waals surface area contributed by atoms with Gasteiger partial charge in [0.05, 0.1) is 0 Å². The second-order valence-corrected chi connectivity index (χ2v) is 5.83. The molecule has 0 spiro atoms. The first-order chi connectivity index (χ1) is 9.17. The van der Waals surface area contributed by atoms with Gasteiger partial charge in [0, 0.05) is 32.2 Å². The van der Waals surface area contributed by atoms with Crippen molar-refractivity contribution in [2.75, 3.05) is 38.1 Å². The van der Waals surface area contributed by atoms with Crippen LogP contribution >= 0.6 is 11.3 Å². The Morgan fingerprint density at radius 3 is 2.74 bits per heavy atom. The zero-order valence-corrected chi connectivity index (χ0v) is 12.0. The average Bonchev–Trinajstić information content (AvgIpc) is 2.81. The normalized spacial score (nSPS) is 17.3. The number of fused-ring (bicyclic) bond motifs is 1. The molecule has 0 saturated carbocycles. The summed E-state index contributed by atoms with van der Waals surface area (Å²) in [5.74, 6) is 0.874. The third-order valence-corrected chi connectivity index (χ3v) is 4.46. The monoisotopic (exact) mass is 279 g/mol. The van der Waals surface area contributed by atoms with Gasteiger partial charge in [0.1, 0.15) is 10.8 Å². The van der Waals surface area contributed by atoms with E-state index < -0.39 is 0 Å². The number of likely N-dealkylation sites (N-methyl/N-ethyl adjacent to an activating group) is 1. The van der Waals surface area contributed by atoms with Crippen molar-refractivity contribution in [1.82, 2.24) is 19.5 Å². The molecule has 2 aromatic heterocycles. The van der Waals surface area contributed by atoms with Crippen molar-refractivity contribution >= 4 is 22.1 Å². The Morgan fingerprint density at radius 2 is 2.05 bits per heavy atom. The predicted molar refractivity (Wildman–Crippen MR) is 76.2 cm³/mol.